The molecule has 1 amide bonds. The van der Waals surface area contributed by atoms with Crippen LogP contribution in [0.25, 0.3) is 16.8 Å². The van der Waals surface area contributed by atoms with Crippen LogP contribution in [-0.4, -0.2) is 26.9 Å². The molecule has 2 aromatic heterocycles. The van der Waals surface area contributed by atoms with Gasteiger partial charge in [-0.2, -0.15) is 18.2 Å². The van der Waals surface area contributed by atoms with Gasteiger partial charge >= 0.3 is 12.5 Å². The minimum Gasteiger partial charge on any atom is -0.405 e. The van der Waals surface area contributed by atoms with Gasteiger partial charge in [0.05, 0.1) is 5.56 Å². The summed E-state index contributed by atoms with van der Waals surface area (Å²) in [6.45, 7) is 1.25. The zero-order valence-electron chi connectivity index (χ0n) is 13.9. The molecular formula is C16H10F6N4O2. The van der Waals surface area contributed by atoms with Crippen LogP contribution >= 0.6 is 0 Å². The van der Waals surface area contributed by atoms with Gasteiger partial charge in [0.1, 0.15) is 5.75 Å². The van der Waals surface area contributed by atoms with Crippen molar-refractivity contribution in [2.24, 2.45) is 0 Å². The molecule has 0 saturated heterocycles. The molecule has 1 aromatic carbocycles. The number of hydrogen-bond acceptors (Lipinski definition) is 4. The second-order valence-electron chi connectivity index (χ2n) is 5.59. The topological polar surface area (TPSA) is 68.5 Å². The highest BCUT2D eigenvalue weighted by Gasteiger charge is 2.39. The second kappa shape index (κ2) is 6.69. The number of amides is 1. The highest BCUT2D eigenvalue weighted by atomic mass is 19.4. The largest absolute Gasteiger partial charge is 0.573 e. The first-order valence-electron chi connectivity index (χ1n) is 7.54. The number of carbonyl (C=O) groups excluding carboxylic acids is 1. The molecule has 0 spiro atoms. The maximum absolute atomic E-state index is 13.2. The summed E-state index contributed by atoms with van der Waals surface area (Å²) in [4.78, 5) is 15.0. The molecule has 148 valence electrons. The lowest BCUT2D eigenvalue weighted by Gasteiger charge is -2.16. The van der Waals surface area contributed by atoms with Crippen molar-refractivity contribution in [2.45, 2.75) is 19.5 Å². The molecule has 3 aromatic rings. The van der Waals surface area contributed by atoms with Crippen molar-refractivity contribution in [3.63, 3.8) is 0 Å². The molecule has 12 heteroatoms. The van der Waals surface area contributed by atoms with Gasteiger partial charge in [-0.05, 0) is 29.8 Å². The molecule has 0 aliphatic rings. The summed E-state index contributed by atoms with van der Waals surface area (Å²) in [6, 6.07) is 5.05. The fourth-order valence-corrected chi connectivity index (χ4v) is 2.41. The molecule has 0 aliphatic carbocycles. The Balaban J connectivity index is 2.04. The predicted molar refractivity (Wildman–Crippen MR) is 84.4 cm³/mol. The SMILES string of the molecule is CC(=O)Nc1nc2ccc(-c3ccc(OC(F)(F)F)c(C(F)(F)F)c3)cn2n1. The maximum Gasteiger partial charge on any atom is 0.573 e. The molecule has 2 heterocycles. The number of halogens is 6. The number of nitrogens with zero attached hydrogens (tertiary/aromatic N) is 3. The number of fused-ring (bicyclic) bond motifs is 1. The Bertz CT molecular complexity index is 1040. The van der Waals surface area contributed by atoms with Gasteiger partial charge in [-0.3, -0.25) is 10.1 Å². The highest BCUT2D eigenvalue weighted by Crippen LogP contribution is 2.40. The monoisotopic (exact) mass is 404 g/mol. The van der Waals surface area contributed by atoms with Crippen LogP contribution in [0, 0.1) is 0 Å². The number of aromatic nitrogens is 3. The Morgan fingerprint density at radius 2 is 1.75 bits per heavy atom. The molecule has 0 unspecified atom stereocenters. The molecule has 1 N–H and O–H groups in total. The minimum atomic E-state index is -5.26. The normalized spacial score (nSPS) is 12.2. The van der Waals surface area contributed by atoms with Crippen molar-refractivity contribution in [3.05, 3.63) is 42.1 Å². The quantitative estimate of drug-likeness (QED) is 0.662. The Morgan fingerprint density at radius 1 is 1.07 bits per heavy atom. The van der Waals surface area contributed by atoms with E-state index in [1.54, 1.807) is 0 Å². The Hall–Kier alpha value is -3.31. The number of ether oxygens (including phenoxy) is 1. The van der Waals surface area contributed by atoms with E-state index in [4.69, 9.17) is 0 Å². The molecule has 0 radical (unpaired) electrons. The molecule has 0 bridgehead atoms. The predicted octanol–water partition coefficient (Wildman–Crippen LogP) is 4.27. The average molecular weight is 404 g/mol. The smallest absolute Gasteiger partial charge is 0.405 e. The summed E-state index contributed by atoms with van der Waals surface area (Å²) < 4.78 is 81.3. The van der Waals surface area contributed by atoms with E-state index < -0.39 is 29.8 Å². The number of pyridine rings is 1. The molecule has 0 fully saturated rings. The first-order valence-corrected chi connectivity index (χ1v) is 7.54. The lowest BCUT2D eigenvalue weighted by atomic mass is 10.0. The molecular weight excluding hydrogens is 394 g/mol. The van der Waals surface area contributed by atoms with Crippen LogP contribution in [0.2, 0.25) is 0 Å². The number of anilines is 1. The van der Waals surface area contributed by atoms with Gasteiger partial charge in [0, 0.05) is 18.7 Å². The van der Waals surface area contributed by atoms with Crippen molar-refractivity contribution in [1.29, 1.82) is 0 Å². The molecule has 0 saturated carbocycles. The van der Waals surface area contributed by atoms with Gasteiger partial charge in [-0.25, -0.2) is 4.52 Å². The third-order valence-corrected chi connectivity index (χ3v) is 3.46. The van der Waals surface area contributed by atoms with Gasteiger partial charge < -0.3 is 4.74 Å². The van der Waals surface area contributed by atoms with E-state index in [1.807, 2.05) is 0 Å². The molecule has 0 aliphatic heterocycles. The van der Waals surface area contributed by atoms with Crippen LogP contribution in [0.5, 0.6) is 5.75 Å². The van der Waals surface area contributed by atoms with E-state index in [2.05, 4.69) is 20.1 Å². The van der Waals surface area contributed by atoms with Crippen molar-refractivity contribution in [3.8, 4) is 16.9 Å². The number of carbonyl (C=O) groups is 1. The van der Waals surface area contributed by atoms with Gasteiger partial charge in [0.2, 0.25) is 11.9 Å². The van der Waals surface area contributed by atoms with Crippen LogP contribution in [0.4, 0.5) is 32.3 Å². The maximum atomic E-state index is 13.2. The lowest BCUT2D eigenvalue weighted by molar-refractivity contribution is -0.276. The summed E-state index contributed by atoms with van der Waals surface area (Å²) in [7, 11) is 0. The summed E-state index contributed by atoms with van der Waals surface area (Å²) >= 11 is 0. The van der Waals surface area contributed by atoms with Crippen LogP contribution < -0.4 is 10.1 Å². The van der Waals surface area contributed by atoms with E-state index in [9.17, 15) is 31.1 Å². The van der Waals surface area contributed by atoms with Crippen LogP contribution in [0.15, 0.2) is 36.5 Å². The van der Waals surface area contributed by atoms with E-state index in [1.165, 1.54) is 29.8 Å². The van der Waals surface area contributed by atoms with Crippen LogP contribution in [0.3, 0.4) is 0 Å². The molecule has 28 heavy (non-hydrogen) atoms. The van der Waals surface area contributed by atoms with Gasteiger partial charge in [0.25, 0.3) is 0 Å². The second-order valence-corrected chi connectivity index (χ2v) is 5.59. The average Bonchev–Trinajstić information content (AvgIpc) is 2.93. The third-order valence-electron chi connectivity index (χ3n) is 3.46. The molecule has 0 atom stereocenters. The molecule has 6 nitrogen and oxygen atoms in total. The van der Waals surface area contributed by atoms with Crippen molar-refractivity contribution in [1.82, 2.24) is 14.6 Å². The summed E-state index contributed by atoms with van der Waals surface area (Å²) in [6.07, 6.45) is -9.00. The number of rotatable bonds is 3. The summed E-state index contributed by atoms with van der Waals surface area (Å²) in [5.74, 6) is -1.76. The van der Waals surface area contributed by atoms with Gasteiger partial charge in [-0.15, -0.1) is 18.3 Å². The number of alkyl halides is 6. The minimum absolute atomic E-state index is 0.00504. The highest BCUT2D eigenvalue weighted by molar-refractivity contribution is 5.86. The van der Waals surface area contributed by atoms with Crippen molar-refractivity contribution < 1.29 is 35.9 Å². The van der Waals surface area contributed by atoms with Crippen molar-refractivity contribution >= 4 is 17.5 Å². The van der Waals surface area contributed by atoms with Crippen LogP contribution in [-0.2, 0) is 11.0 Å². The van der Waals surface area contributed by atoms with E-state index in [-0.39, 0.29) is 17.1 Å². The van der Waals surface area contributed by atoms with Gasteiger partial charge in [0.15, 0.2) is 5.65 Å². The number of nitrogens with one attached hydrogen (secondary N) is 1. The standard InChI is InChI=1S/C16H10F6N4O2/c1-8(27)23-14-24-13-5-3-10(7-26(13)25-14)9-2-4-12(28-16(20,21)22)11(6-9)15(17,18)19/h2-7H,1H3,(H,23,25,27). The van der Waals surface area contributed by atoms with E-state index >= 15 is 0 Å². The van der Waals surface area contributed by atoms with Crippen LogP contribution in [0.1, 0.15) is 12.5 Å². The zero-order chi connectivity index (χ0) is 20.7. The first-order chi connectivity index (χ1) is 12.9. The lowest BCUT2D eigenvalue weighted by Crippen LogP contribution is -2.20. The Kier molecular flexibility index (Phi) is 4.65. The molecule has 3 rings (SSSR count). The summed E-state index contributed by atoms with van der Waals surface area (Å²) in [5.41, 5.74) is -1.04. The first kappa shape index (κ1) is 19.5. The fraction of sp³-hybridized carbons (Fsp3) is 0.188. The van der Waals surface area contributed by atoms with Gasteiger partial charge in [-0.1, -0.05) is 6.07 Å². The fourth-order valence-electron chi connectivity index (χ4n) is 2.41. The van der Waals surface area contributed by atoms with E-state index in [0.29, 0.717) is 17.8 Å². The number of benzene rings is 1. The van der Waals surface area contributed by atoms with Crippen molar-refractivity contribution in [2.75, 3.05) is 5.32 Å². The van der Waals surface area contributed by atoms with E-state index in [0.717, 1.165) is 6.07 Å². The zero-order valence-corrected chi connectivity index (χ0v) is 13.9. The summed E-state index contributed by atoms with van der Waals surface area (Å²) in [5, 5.41) is 6.31. The Morgan fingerprint density at radius 3 is 2.36 bits per heavy atom. The number of hydrogen-bond donors (Lipinski definition) is 1. The third kappa shape index (κ3) is 4.32. The Labute approximate surface area is 152 Å².